The van der Waals surface area contributed by atoms with Gasteiger partial charge in [0.1, 0.15) is 58.7 Å². The van der Waals surface area contributed by atoms with Gasteiger partial charge in [-0.05, 0) is 66.7 Å². The van der Waals surface area contributed by atoms with E-state index in [2.05, 4.69) is 0 Å². The van der Waals surface area contributed by atoms with Crippen LogP contribution in [0.5, 0.6) is 0 Å². The quantitative estimate of drug-likeness (QED) is 0.0815. The Morgan fingerprint density at radius 2 is 0.943 bits per heavy atom. The highest BCUT2D eigenvalue weighted by atomic mass is 31.1. The third-order valence-corrected chi connectivity index (χ3v) is 17.3. The number of ether oxygens (including phenoxy) is 2. The monoisotopic (exact) mass is 804 g/mol. The molecule has 5 nitrogen and oxygen atoms in total. The van der Waals surface area contributed by atoms with Crippen LogP contribution < -0.4 is 21.2 Å². The van der Waals surface area contributed by atoms with Crippen LogP contribution in [0.15, 0.2) is 72.8 Å². The van der Waals surface area contributed by atoms with Crippen molar-refractivity contribution in [3.05, 3.63) is 119 Å². The molecule has 5 rings (SSSR count). The van der Waals surface area contributed by atoms with Crippen LogP contribution in [-0.2, 0) is 22.9 Å². The van der Waals surface area contributed by atoms with E-state index in [1.54, 1.807) is 0 Å². The molecule has 0 N–H and O–H groups in total. The summed E-state index contributed by atoms with van der Waals surface area (Å²) in [4.78, 5) is 0. The second kappa shape index (κ2) is 16.9. The van der Waals surface area contributed by atoms with E-state index >= 15 is 0 Å². The van der Waals surface area contributed by atoms with Crippen LogP contribution >= 0.6 is 16.3 Å². The van der Waals surface area contributed by atoms with Crippen LogP contribution in [0.25, 0.3) is 0 Å². The highest BCUT2D eigenvalue weighted by Crippen LogP contribution is 2.47. The molecule has 0 radical (unpaired) electrons. The van der Waals surface area contributed by atoms with Gasteiger partial charge < -0.3 is 22.9 Å². The van der Waals surface area contributed by atoms with E-state index < -0.39 is 95.8 Å². The molecule has 1 fully saturated rings. The third-order valence-electron chi connectivity index (χ3n) is 8.96. The zero-order chi connectivity index (χ0) is 38.8. The molecule has 4 aromatic carbocycles. The van der Waals surface area contributed by atoms with Crippen molar-refractivity contribution in [3.8, 4) is 0 Å². The van der Waals surface area contributed by atoms with Gasteiger partial charge >= 0.3 is 0 Å². The lowest BCUT2D eigenvalue weighted by molar-refractivity contribution is -0.236. The van der Waals surface area contributed by atoms with Gasteiger partial charge in [-0.2, -0.15) is 0 Å². The first-order valence-corrected chi connectivity index (χ1v) is 21.8. The van der Waals surface area contributed by atoms with Gasteiger partial charge in [0.15, 0.2) is 14.6 Å². The zero-order valence-electron chi connectivity index (χ0n) is 29.6. The highest BCUT2D eigenvalue weighted by Gasteiger charge is 2.46. The van der Waals surface area contributed by atoms with Crippen molar-refractivity contribution in [2.75, 3.05) is 13.7 Å². The Labute approximate surface area is 306 Å². The lowest BCUT2D eigenvalue weighted by Gasteiger charge is -2.45. The van der Waals surface area contributed by atoms with Crippen molar-refractivity contribution in [1.82, 2.24) is 0 Å². The van der Waals surface area contributed by atoms with Crippen LogP contribution in [0.2, 0.25) is 18.1 Å². The third kappa shape index (κ3) is 10.5. The van der Waals surface area contributed by atoms with E-state index in [4.69, 9.17) is 22.9 Å². The van der Waals surface area contributed by atoms with Gasteiger partial charge in [-0.15, -0.1) is 0 Å². The average Bonchev–Trinajstić information content (AvgIpc) is 3.03. The van der Waals surface area contributed by atoms with E-state index in [1.165, 1.54) is 7.11 Å². The molecule has 0 spiro atoms. The fourth-order valence-corrected chi connectivity index (χ4v) is 10.4. The van der Waals surface area contributed by atoms with Gasteiger partial charge in [0.2, 0.25) is 0 Å². The molecule has 4 aromatic rings. The molecule has 0 saturated carbocycles. The van der Waals surface area contributed by atoms with Crippen LogP contribution in [0.4, 0.5) is 35.1 Å². The summed E-state index contributed by atoms with van der Waals surface area (Å²) in [6, 6.07) is 10.2. The summed E-state index contributed by atoms with van der Waals surface area (Å²) >= 11 is 0. The number of benzene rings is 4. The highest BCUT2D eigenvalue weighted by molar-refractivity contribution is 7.69. The summed E-state index contributed by atoms with van der Waals surface area (Å²) in [5.74, 6) is -7.85. The molecular weight excluding hydrogens is 766 g/mol. The maximum atomic E-state index is 14.7. The van der Waals surface area contributed by atoms with E-state index in [0.29, 0.717) is 24.3 Å². The summed E-state index contributed by atoms with van der Waals surface area (Å²) < 4.78 is 149. The molecule has 0 amide bonds. The Morgan fingerprint density at radius 3 is 1.26 bits per heavy atom. The molecule has 286 valence electrons. The Kier molecular flexibility index (Phi) is 13.2. The Morgan fingerprint density at radius 1 is 0.604 bits per heavy atom. The first-order chi connectivity index (χ1) is 24.8. The zero-order valence-corrected chi connectivity index (χ0v) is 32.4. The summed E-state index contributed by atoms with van der Waals surface area (Å²) in [5, 5.41) is -0.632. The number of halogens is 8. The van der Waals surface area contributed by atoms with E-state index in [0.717, 1.165) is 48.5 Å². The molecule has 1 aliphatic rings. The second-order valence-corrected chi connectivity index (χ2v) is 22.4. The lowest BCUT2D eigenvalue weighted by Crippen LogP contribution is -2.54. The minimum absolute atomic E-state index is 0.0857. The molecule has 1 aliphatic heterocycles. The van der Waals surface area contributed by atoms with Gasteiger partial charge in [0.25, 0.3) is 0 Å². The maximum Gasteiger partial charge on any atom is 0.192 e. The van der Waals surface area contributed by atoms with Crippen molar-refractivity contribution in [2.24, 2.45) is 0 Å². The minimum Gasteiger partial charge on any atom is -0.414 e. The average molecular weight is 805 g/mol. The van der Waals surface area contributed by atoms with Crippen molar-refractivity contribution >= 4 is 45.8 Å². The van der Waals surface area contributed by atoms with Crippen molar-refractivity contribution in [2.45, 2.75) is 69.9 Å². The number of hydrogen-bond acceptors (Lipinski definition) is 5. The lowest BCUT2D eigenvalue weighted by atomic mass is 10.0. The van der Waals surface area contributed by atoms with Crippen LogP contribution in [-0.4, -0.2) is 46.6 Å². The fourth-order valence-electron chi connectivity index (χ4n) is 5.35. The first kappa shape index (κ1) is 41.4. The maximum absolute atomic E-state index is 14.7. The second-order valence-electron chi connectivity index (χ2n) is 14.0. The largest absolute Gasteiger partial charge is 0.414 e. The number of hydrogen-bond donors (Lipinski definition) is 0. The Hall–Kier alpha value is -2.80. The molecule has 0 unspecified atom stereocenters. The first-order valence-electron chi connectivity index (χ1n) is 16.4. The number of rotatable bonds is 12. The summed E-state index contributed by atoms with van der Waals surface area (Å²) in [7, 11) is -6.04. The predicted molar refractivity (Wildman–Crippen MR) is 191 cm³/mol. The van der Waals surface area contributed by atoms with E-state index in [9.17, 15) is 35.1 Å². The van der Waals surface area contributed by atoms with Crippen molar-refractivity contribution in [1.29, 1.82) is 0 Å². The summed E-state index contributed by atoms with van der Waals surface area (Å²) in [6.07, 6.45) is -4.71. The molecule has 1 saturated heterocycles. The molecule has 0 bridgehead atoms. The topological polar surface area (TPSA) is 46.2 Å². The van der Waals surface area contributed by atoms with Crippen LogP contribution in [0.3, 0.4) is 0 Å². The van der Waals surface area contributed by atoms with Gasteiger partial charge in [-0.25, -0.2) is 35.1 Å². The van der Waals surface area contributed by atoms with Crippen molar-refractivity contribution in [3.63, 3.8) is 0 Å². The number of methoxy groups -OCH3 is 1. The van der Waals surface area contributed by atoms with Gasteiger partial charge in [-0.1, -0.05) is 20.8 Å². The van der Waals surface area contributed by atoms with Crippen molar-refractivity contribution < 1.29 is 58.1 Å². The normalized spacial score (nSPS) is 19.7. The summed E-state index contributed by atoms with van der Waals surface area (Å²) in [5.41, 5.74) is 0. The SMILES string of the molecule is CO[C@@H]1C[C@@H](OP(c2cc(F)cc(F)c2)c2cc(F)cc(F)c2)[C@H](OP(c2cc(F)cc(F)c2)c2cc(F)cc(F)c2)[C@@H](CO[Si](C)(C)C(C)(C)C)O1. The fraction of sp³-hybridized carbons (Fsp3) is 0.351. The molecule has 4 atom stereocenters. The summed E-state index contributed by atoms with van der Waals surface area (Å²) in [6.45, 7) is 9.87. The molecular formula is C37H38F8O5P2Si. The molecule has 0 aliphatic carbocycles. The van der Waals surface area contributed by atoms with Gasteiger partial charge in [-0.3, -0.25) is 0 Å². The van der Waals surface area contributed by atoms with Crippen LogP contribution in [0, 0.1) is 46.5 Å². The molecule has 1 heterocycles. The Bertz CT molecular complexity index is 1730. The van der Waals surface area contributed by atoms with Gasteiger partial charge in [0, 0.05) is 59.0 Å². The minimum atomic E-state index is -2.51. The predicted octanol–water partition coefficient (Wildman–Crippen LogP) is 8.75. The molecule has 16 heteroatoms. The molecule has 0 aromatic heterocycles. The van der Waals surface area contributed by atoms with Gasteiger partial charge in [0.05, 0.1) is 29.0 Å². The van der Waals surface area contributed by atoms with E-state index in [1.807, 2.05) is 33.9 Å². The standard InChI is InChI=1S/C37H38F8O5P2Si/c1-37(2,3)53(5,6)47-20-34-36(50-52(31-15-25(42)9-26(43)16-31)32-17-27(44)10-28(45)18-32)33(19-35(46-4)48-34)49-51(29-11-21(38)7-22(39)12-29)30-13-23(40)8-24(41)14-30/h7-18,33-36H,19-20H2,1-6H3/t33-,34-,35+,36+/m1/s1. The van der Waals surface area contributed by atoms with Crippen LogP contribution in [0.1, 0.15) is 27.2 Å². The molecule has 53 heavy (non-hydrogen) atoms. The Balaban J connectivity index is 1.67. The smallest absolute Gasteiger partial charge is 0.192 e. The van der Waals surface area contributed by atoms with E-state index in [-0.39, 0.29) is 39.3 Å².